The first-order valence-electron chi connectivity index (χ1n) is 6.71. The lowest BCUT2D eigenvalue weighted by Crippen LogP contribution is -2.48. The maximum Gasteiger partial charge on any atom is -0.0225 e. The van der Waals surface area contributed by atoms with E-state index in [0.29, 0.717) is 10.8 Å². The zero-order valence-corrected chi connectivity index (χ0v) is 13.0. The largest absolute Gasteiger partial charge is 0.206 e. The zero-order chi connectivity index (χ0) is 12.8. The number of rotatable bonds is 1. The van der Waals surface area contributed by atoms with Gasteiger partial charge in [0, 0.05) is 0 Å². The molecule has 1 aromatic rings. The zero-order valence-electron chi connectivity index (χ0n) is 12.1. The van der Waals surface area contributed by atoms with Crippen LogP contribution in [0.15, 0.2) is 24.3 Å². The molecule has 0 bridgehead atoms. The second-order valence-corrected chi connectivity index (χ2v) is 10.1. The fourth-order valence-electron chi connectivity index (χ4n) is 2.96. The molecule has 0 N–H and O–H groups in total. The van der Waals surface area contributed by atoms with Crippen LogP contribution in [-0.4, -0.2) is 11.3 Å². The van der Waals surface area contributed by atoms with E-state index in [4.69, 9.17) is 0 Å². The summed E-state index contributed by atoms with van der Waals surface area (Å²) >= 11 is 0. The van der Waals surface area contributed by atoms with Gasteiger partial charge in [-0.05, 0) is 28.6 Å². The summed E-state index contributed by atoms with van der Waals surface area (Å²) < 4.78 is 0. The van der Waals surface area contributed by atoms with Gasteiger partial charge in [0.1, 0.15) is 0 Å². The van der Waals surface area contributed by atoms with E-state index in [2.05, 4.69) is 65.8 Å². The van der Waals surface area contributed by atoms with Gasteiger partial charge in [0.2, 0.25) is 0 Å². The number of hydrogen-bond acceptors (Lipinski definition) is 0. The quantitative estimate of drug-likeness (QED) is 0.498. The summed E-state index contributed by atoms with van der Waals surface area (Å²) in [6.07, 6.45) is 1.42. The van der Waals surface area contributed by atoms with Gasteiger partial charge < -0.3 is 0 Å². The maximum absolute atomic E-state index is 2.41. The highest BCUT2D eigenvalue weighted by atomic mass is 31.1. The molecule has 0 spiro atoms. The average Bonchev–Trinajstić information content (AvgIpc) is 2.48. The molecule has 17 heavy (non-hydrogen) atoms. The third-order valence-corrected chi connectivity index (χ3v) is 8.27. The summed E-state index contributed by atoms with van der Waals surface area (Å²) in [5.41, 5.74) is 2.74. The van der Waals surface area contributed by atoms with Gasteiger partial charge in [0.05, 0.1) is 0 Å². The minimum absolute atomic E-state index is 0.0412. The molecule has 2 rings (SSSR count). The maximum atomic E-state index is 2.41. The molecular formula is C16H26P-. The van der Waals surface area contributed by atoms with Crippen molar-refractivity contribution in [3.63, 3.8) is 0 Å². The average molecular weight is 249 g/mol. The van der Waals surface area contributed by atoms with Crippen molar-refractivity contribution in [3.05, 3.63) is 24.3 Å². The first kappa shape index (κ1) is 13.2. The van der Waals surface area contributed by atoms with E-state index in [9.17, 15) is 0 Å². The summed E-state index contributed by atoms with van der Waals surface area (Å²) in [5.74, 6) is 0. The fourth-order valence-corrected chi connectivity index (χ4v) is 6.78. The van der Waals surface area contributed by atoms with E-state index in [-0.39, 0.29) is 7.92 Å². The standard InChI is InChI=1S/C16H26P/c1-15(2,3)13-11-14(16(4,5)6)17(13)12-9-7-8-10-12/h7-10,13-14H,11H2,1-6H3/q-1/t13-,14-/m0/s1. The van der Waals surface area contributed by atoms with Gasteiger partial charge >= 0.3 is 0 Å². The fraction of sp³-hybridized carbons (Fsp3) is 0.688. The first-order chi connectivity index (χ1) is 7.71. The molecule has 1 aliphatic rings. The van der Waals surface area contributed by atoms with Crippen molar-refractivity contribution in [1.29, 1.82) is 0 Å². The molecule has 1 aliphatic heterocycles. The Bertz CT molecular complexity index is 341. The third kappa shape index (κ3) is 2.48. The van der Waals surface area contributed by atoms with Gasteiger partial charge in [0.15, 0.2) is 0 Å². The number of hydrogen-bond donors (Lipinski definition) is 0. The van der Waals surface area contributed by atoms with Crippen LogP contribution in [-0.2, 0) is 0 Å². The molecular weight excluding hydrogens is 223 g/mol. The normalized spacial score (nSPS) is 26.9. The molecule has 0 radical (unpaired) electrons. The van der Waals surface area contributed by atoms with Crippen LogP contribution in [0, 0.1) is 10.8 Å². The Morgan fingerprint density at radius 1 is 1.06 bits per heavy atom. The molecule has 1 fully saturated rings. The van der Waals surface area contributed by atoms with Crippen LogP contribution >= 0.6 is 7.92 Å². The van der Waals surface area contributed by atoms with Gasteiger partial charge in [-0.25, -0.2) is 6.07 Å². The predicted octanol–water partition coefficient (Wildman–Crippen LogP) is 4.75. The first-order valence-corrected chi connectivity index (χ1v) is 8.19. The Morgan fingerprint density at radius 3 is 1.94 bits per heavy atom. The lowest BCUT2D eigenvalue weighted by Gasteiger charge is -2.59. The van der Waals surface area contributed by atoms with Crippen molar-refractivity contribution in [2.45, 2.75) is 59.3 Å². The summed E-state index contributed by atoms with van der Waals surface area (Å²) in [6.45, 7) is 14.5. The molecule has 2 atom stereocenters. The van der Waals surface area contributed by atoms with E-state index in [1.54, 1.807) is 5.30 Å². The van der Waals surface area contributed by atoms with Crippen LogP contribution in [0.2, 0.25) is 0 Å². The minimum Gasteiger partial charge on any atom is -0.206 e. The van der Waals surface area contributed by atoms with Gasteiger partial charge in [0.25, 0.3) is 0 Å². The van der Waals surface area contributed by atoms with E-state index >= 15 is 0 Å². The lowest BCUT2D eigenvalue weighted by molar-refractivity contribution is 0.279. The molecule has 1 saturated heterocycles. The Hall–Kier alpha value is -0.220. The van der Waals surface area contributed by atoms with Crippen molar-refractivity contribution in [1.82, 2.24) is 0 Å². The van der Waals surface area contributed by atoms with E-state index in [1.807, 2.05) is 0 Å². The van der Waals surface area contributed by atoms with Crippen LogP contribution in [0.3, 0.4) is 0 Å². The monoisotopic (exact) mass is 249 g/mol. The minimum atomic E-state index is 0.0412. The van der Waals surface area contributed by atoms with Crippen molar-refractivity contribution in [2.75, 3.05) is 0 Å². The Morgan fingerprint density at radius 2 is 1.59 bits per heavy atom. The Kier molecular flexibility index (Phi) is 3.24. The van der Waals surface area contributed by atoms with Crippen LogP contribution < -0.4 is 5.30 Å². The molecule has 96 valence electrons. The second-order valence-electron chi connectivity index (χ2n) is 7.55. The van der Waals surface area contributed by atoms with Gasteiger partial charge in [-0.1, -0.05) is 41.5 Å². The van der Waals surface area contributed by atoms with Gasteiger partial charge in [-0.2, -0.15) is 23.5 Å². The predicted molar refractivity (Wildman–Crippen MR) is 79.7 cm³/mol. The molecule has 1 heteroatoms. The van der Waals surface area contributed by atoms with Crippen LogP contribution in [0.1, 0.15) is 48.0 Å². The Balaban J connectivity index is 2.26. The third-order valence-electron chi connectivity index (χ3n) is 4.06. The van der Waals surface area contributed by atoms with Crippen LogP contribution in [0.4, 0.5) is 0 Å². The topological polar surface area (TPSA) is 0 Å². The van der Waals surface area contributed by atoms with Crippen LogP contribution in [0.5, 0.6) is 0 Å². The van der Waals surface area contributed by atoms with Crippen molar-refractivity contribution in [3.8, 4) is 0 Å². The van der Waals surface area contributed by atoms with E-state index < -0.39 is 0 Å². The van der Waals surface area contributed by atoms with E-state index in [0.717, 1.165) is 11.3 Å². The van der Waals surface area contributed by atoms with Crippen molar-refractivity contribution >= 4 is 13.2 Å². The Labute approximate surface area is 108 Å². The van der Waals surface area contributed by atoms with E-state index in [1.165, 1.54) is 6.42 Å². The molecule has 1 heterocycles. The highest BCUT2D eigenvalue weighted by Gasteiger charge is 2.48. The lowest BCUT2D eigenvalue weighted by atomic mass is 9.81. The molecule has 0 aromatic heterocycles. The van der Waals surface area contributed by atoms with Crippen molar-refractivity contribution < 1.29 is 0 Å². The summed E-state index contributed by atoms with van der Waals surface area (Å²) in [7, 11) is 0.0412. The highest BCUT2D eigenvalue weighted by molar-refractivity contribution is 7.68. The second kappa shape index (κ2) is 4.16. The highest BCUT2D eigenvalue weighted by Crippen LogP contribution is 2.68. The SMILES string of the molecule is CC(C)(C)[C@@H]1C[C@@H](C(C)(C)C)P1c1cc[cH-]c1. The molecule has 0 unspecified atom stereocenters. The van der Waals surface area contributed by atoms with Gasteiger partial charge in [-0.15, -0.1) is 7.92 Å². The van der Waals surface area contributed by atoms with Gasteiger partial charge in [-0.3, -0.25) is 0 Å². The van der Waals surface area contributed by atoms with Crippen LogP contribution in [0.25, 0.3) is 0 Å². The molecule has 0 saturated carbocycles. The summed E-state index contributed by atoms with van der Waals surface area (Å²) in [6, 6.07) is 9.11. The smallest absolute Gasteiger partial charge is 0.0225 e. The van der Waals surface area contributed by atoms with Crippen molar-refractivity contribution in [2.24, 2.45) is 10.8 Å². The summed E-state index contributed by atoms with van der Waals surface area (Å²) in [5, 5.41) is 1.63. The molecule has 0 amide bonds. The summed E-state index contributed by atoms with van der Waals surface area (Å²) in [4.78, 5) is 0. The molecule has 0 aliphatic carbocycles. The molecule has 1 aromatic carbocycles. The molecule has 0 nitrogen and oxygen atoms in total.